The third-order valence-electron chi connectivity index (χ3n) is 6.45. The van der Waals surface area contributed by atoms with Crippen molar-refractivity contribution in [1.29, 1.82) is 0 Å². The van der Waals surface area contributed by atoms with E-state index in [-0.39, 0.29) is 5.69 Å². The summed E-state index contributed by atoms with van der Waals surface area (Å²) in [4.78, 5) is 2.86. The predicted octanol–water partition coefficient (Wildman–Crippen LogP) is 4.71. The molecule has 0 aliphatic heterocycles. The van der Waals surface area contributed by atoms with Crippen LogP contribution in [0.2, 0.25) is 0 Å². The maximum atomic E-state index is 13.4. The minimum absolute atomic E-state index is 0.166. The maximum Gasteiger partial charge on any atom is 0.282 e. The third kappa shape index (κ3) is 3.46. The first kappa shape index (κ1) is 17.4. The van der Waals surface area contributed by atoms with Crippen LogP contribution >= 0.6 is 12.2 Å². The lowest BCUT2D eigenvalue weighted by Gasteiger charge is -2.38. The molecule has 6 heteroatoms. The fourth-order valence-corrected chi connectivity index (χ4v) is 5.53. The van der Waals surface area contributed by atoms with Gasteiger partial charge in [0.2, 0.25) is 0 Å². The van der Waals surface area contributed by atoms with Gasteiger partial charge in [0.05, 0.1) is 5.56 Å². The van der Waals surface area contributed by atoms with Gasteiger partial charge in [0, 0.05) is 25.8 Å². The molecule has 3 fully saturated rings. The quantitative estimate of drug-likeness (QED) is 0.703. The van der Waals surface area contributed by atoms with Gasteiger partial charge in [-0.25, -0.2) is 8.78 Å². The van der Waals surface area contributed by atoms with Crippen LogP contribution in [0.5, 0.6) is 0 Å². The van der Waals surface area contributed by atoms with E-state index in [9.17, 15) is 8.78 Å². The van der Waals surface area contributed by atoms with Crippen LogP contribution in [0, 0.1) is 17.8 Å². The van der Waals surface area contributed by atoms with Gasteiger partial charge in [0.1, 0.15) is 10.7 Å². The van der Waals surface area contributed by atoms with Gasteiger partial charge >= 0.3 is 0 Å². The zero-order valence-corrected chi connectivity index (χ0v) is 15.7. The molecular formula is C19H27F2N3S. The molecule has 3 aliphatic rings. The molecule has 3 nitrogen and oxygen atoms in total. The Hall–Kier alpha value is -1.04. The molecule has 0 aromatic carbocycles. The van der Waals surface area contributed by atoms with E-state index in [1.807, 2.05) is 0 Å². The molecule has 138 valence electrons. The Morgan fingerprint density at radius 3 is 2.64 bits per heavy atom. The minimum Gasteiger partial charge on any atom is -0.359 e. The van der Waals surface area contributed by atoms with Crippen LogP contribution in [0.15, 0.2) is 6.20 Å². The molecule has 25 heavy (non-hydrogen) atoms. The lowest BCUT2D eigenvalue weighted by molar-refractivity contribution is 0.143. The highest BCUT2D eigenvalue weighted by molar-refractivity contribution is 7.80. The number of aryl methyl sites for hydroxylation is 1. The summed E-state index contributed by atoms with van der Waals surface area (Å²) in [5, 5.41) is 3.95. The first-order valence-corrected chi connectivity index (χ1v) is 10.1. The first-order valence-electron chi connectivity index (χ1n) is 9.67. The van der Waals surface area contributed by atoms with Gasteiger partial charge in [-0.15, -0.1) is 0 Å². The lowest BCUT2D eigenvalue weighted by Crippen LogP contribution is -2.40. The standard InChI is InChI=1S/C19H27F2N3S/c1-23-11-16(17(22-23)18(20)21)19(25)24(14-8-9-14)10-13-6-2-4-12-5-3-7-15(12)13/h11-15,18H,2-10H2,1H3. The van der Waals surface area contributed by atoms with E-state index in [1.54, 1.807) is 13.2 Å². The number of alkyl halides is 2. The van der Waals surface area contributed by atoms with Crippen LogP contribution in [0.1, 0.15) is 69.0 Å². The summed E-state index contributed by atoms with van der Waals surface area (Å²) >= 11 is 5.71. The van der Waals surface area contributed by atoms with Gasteiger partial charge in [-0.1, -0.05) is 37.9 Å². The second-order valence-electron chi connectivity index (χ2n) is 8.14. The smallest absolute Gasteiger partial charge is 0.282 e. The maximum absolute atomic E-state index is 13.4. The number of nitrogens with zero attached hydrogens (tertiary/aromatic N) is 3. The van der Waals surface area contributed by atoms with Gasteiger partial charge in [-0.2, -0.15) is 5.10 Å². The van der Waals surface area contributed by atoms with Gasteiger partial charge in [0.15, 0.2) is 0 Å². The summed E-state index contributed by atoms with van der Waals surface area (Å²) in [5.41, 5.74) is 0.290. The molecule has 4 rings (SSSR count). The van der Waals surface area contributed by atoms with Gasteiger partial charge in [-0.05, 0) is 43.4 Å². The Labute approximate surface area is 153 Å². The number of thiocarbonyl (C=S) groups is 1. The number of halogens is 2. The van der Waals surface area contributed by atoms with Gasteiger partial charge < -0.3 is 4.90 Å². The van der Waals surface area contributed by atoms with Crippen LogP contribution in [0.25, 0.3) is 0 Å². The van der Waals surface area contributed by atoms with E-state index in [4.69, 9.17) is 12.2 Å². The number of fused-ring (bicyclic) bond motifs is 1. The normalized spacial score (nSPS) is 29.0. The summed E-state index contributed by atoms with van der Waals surface area (Å²) in [6, 6.07) is 0.444. The molecule has 0 saturated heterocycles. The average Bonchev–Trinajstić information content (AvgIpc) is 3.15. The highest BCUT2D eigenvalue weighted by Crippen LogP contribution is 2.46. The number of hydrogen-bond donors (Lipinski definition) is 0. The summed E-state index contributed by atoms with van der Waals surface area (Å²) in [5.74, 6) is 2.39. The van der Waals surface area contributed by atoms with Crippen LogP contribution in [-0.2, 0) is 7.05 Å². The van der Waals surface area contributed by atoms with Crippen molar-refractivity contribution >= 4 is 17.2 Å². The Morgan fingerprint density at radius 1 is 1.24 bits per heavy atom. The molecule has 0 radical (unpaired) electrons. The Morgan fingerprint density at radius 2 is 1.96 bits per heavy atom. The van der Waals surface area contributed by atoms with Crippen molar-refractivity contribution < 1.29 is 8.78 Å². The third-order valence-corrected chi connectivity index (χ3v) is 6.90. The van der Waals surface area contributed by atoms with Crippen molar-refractivity contribution in [3.05, 3.63) is 17.5 Å². The first-order chi connectivity index (χ1) is 12.0. The fraction of sp³-hybridized carbons (Fsp3) is 0.789. The summed E-state index contributed by atoms with van der Waals surface area (Å²) in [6.45, 7) is 0.947. The lowest BCUT2D eigenvalue weighted by atomic mass is 9.73. The monoisotopic (exact) mass is 367 g/mol. The summed E-state index contributed by atoms with van der Waals surface area (Å²) in [7, 11) is 1.68. The number of hydrogen-bond acceptors (Lipinski definition) is 2. The molecule has 1 heterocycles. The second kappa shape index (κ2) is 6.93. The van der Waals surface area contributed by atoms with E-state index in [0.717, 1.165) is 31.2 Å². The highest BCUT2D eigenvalue weighted by atomic mass is 32.1. The molecular weight excluding hydrogens is 340 g/mol. The summed E-state index contributed by atoms with van der Waals surface area (Å²) < 4.78 is 28.2. The van der Waals surface area contributed by atoms with Crippen molar-refractivity contribution in [2.24, 2.45) is 24.8 Å². The van der Waals surface area contributed by atoms with Crippen LogP contribution < -0.4 is 0 Å². The van der Waals surface area contributed by atoms with Crippen molar-refractivity contribution in [2.75, 3.05) is 6.54 Å². The predicted molar refractivity (Wildman–Crippen MR) is 97.8 cm³/mol. The zero-order chi connectivity index (χ0) is 17.6. The molecule has 0 amide bonds. The molecule has 1 aromatic rings. The second-order valence-corrected chi connectivity index (χ2v) is 8.52. The van der Waals surface area contributed by atoms with Crippen molar-refractivity contribution in [1.82, 2.24) is 14.7 Å². The molecule has 0 spiro atoms. The van der Waals surface area contributed by atoms with Crippen LogP contribution in [0.4, 0.5) is 8.78 Å². The molecule has 3 aliphatic carbocycles. The van der Waals surface area contributed by atoms with E-state index in [2.05, 4.69) is 10.00 Å². The Bertz CT molecular complexity index is 641. The summed E-state index contributed by atoms with van der Waals surface area (Å²) in [6.07, 6.45) is 9.39. The Kier molecular flexibility index (Phi) is 4.82. The van der Waals surface area contributed by atoms with Gasteiger partial charge in [-0.3, -0.25) is 4.68 Å². The van der Waals surface area contributed by atoms with E-state index in [0.29, 0.717) is 22.5 Å². The van der Waals surface area contributed by atoms with E-state index < -0.39 is 6.43 Å². The largest absolute Gasteiger partial charge is 0.359 e. The molecule has 1 aromatic heterocycles. The highest BCUT2D eigenvalue weighted by Gasteiger charge is 2.40. The van der Waals surface area contributed by atoms with Crippen LogP contribution in [-0.4, -0.2) is 32.3 Å². The molecule has 3 unspecified atom stereocenters. The van der Waals surface area contributed by atoms with Gasteiger partial charge in [0.25, 0.3) is 6.43 Å². The van der Waals surface area contributed by atoms with Crippen LogP contribution in [0.3, 0.4) is 0 Å². The van der Waals surface area contributed by atoms with E-state index in [1.165, 1.54) is 43.2 Å². The van der Waals surface area contributed by atoms with E-state index >= 15 is 0 Å². The minimum atomic E-state index is -2.58. The molecule has 3 saturated carbocycles. The topological polar surface area (TPSA) is 21.1 Å². The molecule has 0 bridgehead atoms. The molecule has 3 atom stereocenters. The van der Waals surface area contributed by atoms with Crippen molar-refractivity contribution in [2.45, 2.75) is 63.8 Å². The molecule has 0 N–H and O–H groups in total. The number of rotatable bonds is 5. The van der Waals surface area contributed by atoms with Crippen molar-refractivity contribution in [3.63, 3.8) is 0 Å². The average molecular weight is 368 g/mol. The Balaban J connectivity index is 1.54. The van der Waals surface area contributed by atoms with Crippen molar-refractivity contribution in [3.8, 4) is 0 Å². The number of aromatic nitrogens is 2. The fourth-order valence-electron chi connectivity index (χ4n) is 5.15. The zero-order valence-electron chi connectivity index (χ0n) is 14.8. The SMILES string of the molecule is Cn1cc(C(=S)N(CC2CCCC3CCCC32)C2CC2)c(C(F)F)n1.